The van der Waals surface area contributed by atoms with Crippen molar-refractivity contribution >= 4 is 5.78 Å². The third-order valence-corrected chi connectivity index (χ3v) is 3.34. The van der Waals surface area contributed by atoms with Crippen molar-refractivity contribution in [2.75, 3.05) is 6.54 Å². The van der Waals surface area contributed by atoms with Crippen LogP contribution in [0.1, 0.15) is 52.4 Å². The van der Waals surface area contributed by atoms with Gasteiger partial charge in [0.2, 0.25) is 0 Å². The summed E-state index contributed by atoms with van der Waals surface area (Å²) in [5, 5.41) is 3.32. The Bertz CT molecular complexity index is 169. The van der Waals surface area contributed by atoms with E-state index in [1.165, 1.54) is 12.8 Å². The van der Waals surface area contributed by atoms with E-state index in [0.717, 1.165) is 32.2 Å². The normalized spacial score (nSPS) is 22.6. The van der Waals surface area contributed by atoms with Crippen LogP contribution in [0.25, 0.3) is 0 Å². The van der Waals surface area contributed by atoms with Crippen molar-refractivity contribution in [1.29, 1.82) is 0 Å². The number of piperidine rings is 1. The Morgan fingerprint density at radius 3 is 2.57 bits per heavy atom. The average molecular weight is 197 g/mol. The maximum atomic E-state index is 11.9. The van der Waals surface area contributed by atoms with Crippen LogP contribution in [0, 0.1) is 5.92 Å². The second-order valence-corrected chi connectivity index (χ2v) is 4.36. The molecule has 1 heterocycles. The monoisotopic (exact) mass is 197 g/mol. The number of carbonyl (C=O) groups excluding carboxylic acids is 1. The van der Waals surface area contributed by atoms with Crippen molar-refractivity contribution < 1.29 is 4.79 Å². The van der Waals surface area contributed by atoms with Crippen molar-refractivity contribution in [2.45, 2.75) is 58.4 Å². The Labute approximate surface area is 87.5 Å². The highest BCUT2D eigenvalue weighted by Crippen LogP contribution is 2.17. The first kappa shape index (κ1) is 11.7. The molecular weight excluding hydrogens is 174 g/mol. The van der Waals surface area contributed by atoms with Crippen molar-refractivity contribution in [2.24, 2.45) is 5.92 Å². The van der Waals surface area contributed by atoms with Crippen LogP contribution in [-0.2, 0) is 4.79 Å². The number of hydrogen-bond acceptors (Lipinski definition) is 2. The van der Waals surface area contributed by atoms with Gasteiger partial charge < -0.3 is 5.32 Å². The highest BCUT2D eigenvalue weighted by Gasteiger charge is 2.21. The third kappa shape index (κ3) is 3.41. The largest absolute Gasteiger partial charge is 0.307 e. The fourth-order valence-electron chi connectivity index (χ4n) is 2.13. The molecule has 0 spiro atoms. The van der Waals surface area contributed by atoms with E-state index in [1.54, 1.807) is 0 Å². The summed E-state index contributed by atoms with van der Waals surface area (Å²) in [6.45, 7) is 5.38. The summed E-state index contributed by atoms with van der Waals surface area (Å²) in [5.41, 5.74) is 0. The third-order valence-electron chi connectivity index (χ3n) is 3.34. The lowest BCUT2D eigenvalue weighted by molar-refractivity contribution is -0.122. The molecule has 0 aromatic heterocycles. The second-order valence-electron chi connectivity index (χ2n) is 4.36. The smallest absolute Gasteiger partial charge is 0.150 e. The van der Waals surface area contributed by atoms with Gasteiger partial charge in [0.15, 0.2) is 0 Å². The number of hydrogen-bond donors (Lipinski definition) is 1. The standard InChI is InChI=1S/C12H23NO/c1-3-10(4-2)9-12(14)11-7-5-6-8-13-11/h10-11,13H,3-9H2,1-2H3. The minimum absolute atomic E-state index is 0.171. The quantitative estimate of drug-likeness (QED) is 0.733. The molecule has 1 unspecified atom stereocenters. The van der Waals surface area contributed by atoms with Gasteiger partial charge in [0.1, 0.15) is 5.78 Å². The molecule has 1 saturated heterocycles. The molecule has 82 valence electrons. The molecule has 1 aliphatic rings. The number of ketones is 1. The van der Waals surface area contributed by atoms with Gasteiger partial charge in [0.25, 0.3) is 0 Å². The molecule has 0 bridgehead atoms. The van der Waals surface area contributed by atoms with Crippen LogP contribution in [0.4, 0.5) is 0 Å². The maximum Gasteiger partial charge on any atom is 0.150 e. The Hall–Kier alpha value is -0.370. The van der Waals surface area contributed by atoms with Gasteiger partial charge in [-0.2, -0.15) is 0 Å². The fourth-order valence-corrected chi connectivity index (χ4v) is 2.13. The van der Waals surface area contributed by atoms with Gasteiger partial charge in [-0.1, -0.05) is 33.1 Å². The van der Waals surface area contributed by atoms with Gasteiger partial charge in [0, 0.05) is 6.42 Å². The van der Waals surface area contributed by atoms with E-state index < -0.39 is 0 Å². The van der Waals surface area contributed by atoms with Gasteiger partial charge >= 0.3 is 0 Å². The summed E-state index contributed by atoms with van der Waals surface area (Å²) < 4.78 is 0. The van der Waals surface area contributed by atoms with Crippen LogP contribution in [0.15, 0.2) is 0 Å². The topological polar surface area (TPSA) is 29.1 Å². The molecule has 1 N–H and O–H groups in total. The van der Waals surface area contributed by atoms with E-state index in [9.17, 15) is 4.79 Å². The number of nitrogens with one attached hydrogen (secondary N) is 1. The first-order chi connectivity index (χ1) is 6.77. The minimum Gasteiger partial charge on any atom is -0.307 e. The van der Waals surface area contributed by atoms with Gasteiger partial charge in [-0.3, -0.25) is 4.79 Å². The molecule has 0 radical (unpaired) electrons. The molecule has 1 rings (SSSR count). The predicted octanol–water partition coefficient (Wildman–Crippen LogP) is 2.52. The highest BCUT2D eigenvalue weighted by atomic mass is 16.1. The summed E-state index contributed by atoms with van der Waals surface area (Å²) in [4.78, 5) is 11.9. The number of carbonyl (C=O) groups is 1. The molecule has 2 heteroatoms. The molecule has 0 saturated carbocycles. The maximum absolute atomic E-state index is 11.9. The summed E-state index contributed by atoms with van der Waals surface area (Å²) in [5.74, 6) is 1.05. The van der Waals surface area contributed by atoms with Crippen LogP contribution in [0.5, 0.6) is 0 Å². The SMILES string of the molecule is CCC(CC)CC(=O)C1CCCCN1. The lowest BCUT2D eigenvalue weighted by atomic mass is 9.91. The van der Waals surface area contributed by atoms with Crippen LogP contribution in [0.3, 0.4) is 0 Å². The zero-order valence-corrected chi connectivity index (χ0v) is 9.51. The van der Waals surface area contributed by atoms with Crippen molar-refractivity contribution in [3.63, 3.8) is 0 Å². The zero-order valence-electron chi connectivity index (χ0n) is 9.51. The van der Waals surface area contributed by atoms with Gasteiger partial charge in [-0.25, -0.2) is 0 Å². The Kier molecular flexibility index (Phi) is 5.16. The molecule has 14 heavy (non-hydrogen) atoms. The second kappa shape index (κ2) is 6.18. The summed E-state index contributed by atoms with van der Waals surface area (Å²) >= 11 is 0. The van der Waals surface area contributed by atoms with Crippen LogP contribution >= 0.6 is 0 Å². The number of Topliss-reactive ketones (excluding diaryl/α,β-unsaturated/α-hetero) is 1. The molecule has 1 aliphatic heterocycles. The highest BCUT2D eigenvalue weighted by molar-refractivity contribution is 5.84. The van der Waals surface area contributed by atoms with E-state index in [0.29, 0.717) is 11.7 Å². The Morgan fingerprint density at radius 1 is 1.36 bits per heavy atom. The summed E-state index contributed by atoms with van der Waals surface area (Å²) in [7, 11) is 0. The van der Waals surface area contributed by atoms with E-state index in [2.05, 4.69) is 19.2 Å². The fraction of sp³-hybridized carbons (Fsp3) is 0.917. The average Bonchev–Trinajstić information content (AvgIpc) is 2.26. The number of rotatable bonds is 5. The molecule has 0 aromatic rings. The van der Waals surface area contributed by atoms with Gasteiger partial charge in [-0.15, -0.1) is 0 Å². The van der Waals surface area contributed by atoms with E-state index >= 15 is 0 Å². The van der Waals surface area contributed by atoms with Crippen LogP contribution < -0.4 is 5.32 Å². The molecular formula is C12H23NO. The predicted molar refractivity (Wildman–Crippen MR) is 59.3 cm³/mol. The van der Waals surface area contributed by atoms with Crippen LogP contribution in [0.2, 0.25) is 0 Å². The lowest BCUT2D eigenvalue weighted by Crippen LogP contribution is -2.40. The summed E-state index contributed by atoms with van der Waals surface area (Å²) in [6.07, 6.45) is 6.55. The zero-order chi connectivity index (χ0) is 10.4. The molecule has 2 nitrogen and oxygen atoms in total. The summed E-state index contributed by atoms with van der Waals surface area (Å²) in [6, 6.07) is 0.171. The van der Waals surface area contributed by atoms with Gasteiger partial charge in [-0.05, 0) is 25.3 Å². The first-order valence-corrected chi connectivity index (χ1v) is 6.04. The van der Waals surface area contributed by atoms with Crippen LogP contribution in [-0.4, -0.2) is 18.4 Å². The van der Waals surface area contributed by atoms with Gasteiger partial charge in [0.05, 0.1) is 6.04 Å². The first-order valence-electron chi connectivity index (χ1n) is 6.04. The van der Waals surface area contributed by atoms with E-state index in [4.69, 9.17) is 0 Å². The minimum atomic E-state index is 0.171. The molecule has 0 aromatic carbocycles. The van der Waals surface area contributed by atoms with Crippen molar-refractivity contribution in [3.05, 3.63) is 0 Å². The Morgan fingerprint density at radius 2 is 2.07 bits per heavy atom. The van der Waals surface area contributed by atoms with E-state index in [-0.39, 0.29) is 6.04 Å². The molecule has 0 aliphatic carbocycles. The molecule has 0 amide bonds. The van der Waals surface area contributed by atoms with E-state index in [1.807, 2.05) is 0 Å². The van der Waals surface area contributed by atoms with Crippen molar-refractivity contribution in [1.82, 2.24) is 5.32 Å². The lowest BCUT2D eigenvalue weighted by Gasteiger charge is -2.23. The Balaban J connectivity index is 2.32. The van der Waals surface area contributed by atoms with Crippen molar-refractivity contribution in [3.8, 4) is 0 Å². The molecule has 1 atom stereocenters. The molecule has 1 fully saturated rings.